The van der Waals surface area contributed by atoms with E-state index in [1.54, 1.807) is 7.11 Å². The van der Waals surface area contributed by atoms with Crippen molar-refractivity contribution < 1.29 is 14.3 Å². The highest BCUT2D eigenvalue weighted by Gasteiger charge is 2.35. The number of carbonyl (C=O) groups is 1. The van der Waals surface area contributed by atoms with Gasteiger partial charge in [-0.25, -0.2) is 0 Å². The smallest absolute Gasteiger partial charge is 0.257 e. The molecule has 0 spiro atoms. The first kappa shape index (κ1) is 18.3. The number of hydrogen-bond donors (Lipinski definition) is 1. The summed E-state index contributed by atoms with van der Waals surface area (Å²) >= 11 is 0. The van der Waals surface area contributed by atoms with Crippen LogP contribution >= 0.6 is 0 Å². The van der Waals surface area contributed by atoms with Gasteiger partial charge in [0, 0.05) is 24.9 Å². The van der Waals surface area contributed by atoms with Crippen molar-refractivity contribution in [2.24, 2.45) is 0 Å². The number of hydrogen-bond acceptors (Lipinski definition) is 4. The molecular weight excluding hydrogens is 352 g/mol. The second-order valence-electron chi connectivity index (χ2n) is 6.72. The monoisotopic (exact) mass is 376 g/mol. The van der Waals surface area contributed by atoms with Gasteiger partial charge in [0.1, 0.15) is 11.9 Å². The predicted octanol–water partition coefficient (Wildman–Crippen LogP) is 4.45. The molecule has 5 nitrogen and oxygen atoms in total. The van der Waals surface area contributed by atoms with Crippen molar-refractivity contribution in [1.82, 2.24) is 4.90 Å². The summed E-state index contributed by atoms with van der Waals surface area (Å²) in [7, 11) is 1.65. The van der Waals surface area contributed by atoms with Crippen molar-refractivity contribution in [2.45, 2.75) is 13.1 Å². The van der Waals surface area contributed by atoms with Gasteiger partial charge in [-0.1, -0.05) is 42.5 Å². The Bertz CT molecular complexity index is 1000. The lowest BCUT2D eigenvalue weighted by atomic mass is 9.97. The topological polar surface area (TPSA) is 50.8 Å². The molecule has 1 aliphatic heterocycles. The first-order chi connectivity index (χ1) is 13.7. The van der Waals surface area contributed by atoms with E-state index in [4.69, 9.17) is 9.47 Å². The van der Waals surface area contributed by atoms with Crippen LogP contribution in [0.2, 0.25) is 0 Å². The second kappa shape index (κ2) is 7.90. The molecule has 1 atom stereocenters. The number of carbonyl (C=O) groups excluding carboxylic acids is 1. The van der Waals surface area contributed by atoms with Crippen LogP contribution in [0, 0.1) is 0 Å². The van der Waals surface area contributed by atoms with E-state index in [0.717, 1.165) is 27.8 Å². The van der Waals surface area contributed by atoms with E-state index >= 15 is 0 Å². The van der Waals surface area contributed by atoms with Crippen LogP contribution < -0.4 is 10.1 Å². The van der Waals surface area contributed by atoms with E-state index in [1.165, 1.54) is 0 Å². The number of methoxy groups -OCH3 is 1. The third kappa shape index (κ3) is 3.18. The first-order valence-corrected chi connectivity index (χ1v) is 9.54. The van der Waals surface area contributed by atoms with Crippen molar-refractivity contribution in [2.75, 3.05) is 32.2 Å². The van der Waals surface area contributed by atoms with E-state index in [1.807, 2.05) is 54.3 Å². The molecule has 1 aliphatic rings. The van der Waals surface area contributed by atoms with E-state index < -0.39 is 0 Å². The summed E-state index contributed by atoms with van der Waals surface area (Å²) < 4.78 is 11.2. The molecule has 28 heavy (non-hydrogen) atoms. The second-order valence-corrected chi connectivity index (χ2v) is 6.72. The normalized spacial score (nSPS) is 16.0. The molecule has 0 saturated heterocycles. The van der Waals surface area contributed by atoms with Crippen LogP contribution in [0.15, 0.2) is 60.7 Å². The van der Waals surface area contributed by atoms with Crippen LogP contribution in [-0.2, 0) is 4.74 Å². The predicted molar refractivity (Wildman–Crippen MR) is 111 cm³/mol. The SMILES string of the molecule is CCOc1ccc2ccccc2c1C1Nc2ccccc2C(=O)N1CCOC. The Labute approximate surface area is 164 Å². The van der Waals surface area contributed by atoms with E-state index in [9.17, 15) is 4.79 Å². The quantitative estimate of drug-likeness (QED) is 0.690. The summed E-state index contributed by atoms with van der Waals surface area (Å²) in [5, 5.41) is 5.74. The zero-order valence-corrected chi connectivity index (χ0v) is 16.1. The van der Waals surface area contributed by atoms with Crippen LogP contribution in [0.5, 0.6) is 5.75 Å². The first-order valence-electron chi connectivity index (χ1n) is 9.54. The van der Waals surface area contributed by atoms with E-state index in [0.29, 0.717) is 25.3 Å². The van der Waals surface area contributed by atoms with Crippen LogP contribution in [-0.4, -0.2) is 37.7 Å². The average molecular weight is 376 g/mol. The highest BCUT2D eigenvalue weighted by atomic mass is 16.5. The van der Waals surface area contributed by atoms with Crippen LogP contribution in [0.25, 0.3) is 10.8 Å². The highest BCUT2D eigenvalue weighted by Crippen LogP contribution is 2.40. The maximum absolute atomic E-state index is 13.3. The zero-order chi connectivity index (χ0) is 19.5. The largest absolute Gasteiger partial charge is 0.493 e. The zero-order valence-electron chi connectivity index (χ0n) is 16.1. The Morgan fingerprint density at radius 1 is 1.04 bits per heavy atom. The summed E-state index contributed by atoms with van der Waals surface area (Å²) in [4.78, 5) is 15.1. The molecule has 0 bridgehead atoms. The Hall–Kier alpha value is -3.05. The lowest BCUT2D eigenvalue weighted by Gasteiger charge is -2.39. The van der Waals surface area contributed by atoms with Gasteiger partial charge in [0.2, 0.25) is 0 Å². The van der Waals surface area contributed by atoms with Crippen molar-refractivity contribution in [1.29, 1.82) is 0 Å². The van der Waals surface area contributed by atoms with Gasteiger partial charge in [-0.15, -0.1) is 0 Å². The number of amides is 1. The number of fused-ring (bicyclic) bond motifs is 2. The summed E-state index contributed by atoms with van der Waals surface area (Å²) in [6, 6.07) is 19.9. The van der Waals surface area contributed by atoms with E-state index in [2.05, 4.69) is 23.5 Å². The van der Waals surface area contributed by atoms with Crippen LogP contribution in [0.1, 0.15) is 29.0 Å². The molecule has 1 unspecified atom stereocenters. The Balaban J connectivity index is 1.90. The third-order valence-electron chi connectivity index (χ3n) is 5.06. The number of nitrogens with one attached hydrogen (secondary N) is 1. The van der Waals surface area contributed by atoms with Gasteiger partial charge in [0.15, 0.2) is 0 Å². The number of rotatable bonds is 6. The Morgan fingerprint density at radius 3 is 2.64 bits per heavy atom. The number of benzene rings is 3. The van der Waals surface area contributed by atoms with Gasteiger partial charge in [0.05, 0.1) is 18.8 Å². The van der Waals surface area contributed by atoms with Gasteiger partial charge < -0.3 is 19.7 Å². The Morgan fingerprint density at radius 2 is 1.82 bits per heavy atom. The molecule has 144 valence electrons. The molecule has 0 fully saturated rings. The molecule has 4 rings (SSSR count). The van der Waals surface area contributed by atoms with E-state index in [-0.39, 0.29) is 12.1 Å². The van der Waals surface area contributed by atoms with Crippen LogP contribution in [0.3, 0.4) is 0 Å². The molecule has 5 heteroatoms. The molecule has 0 aliphatic carbocycles. The van der Waals surface area contributed by atoms with Crippen LogP contribution in [0.4, 0.5) is 5.69 Å². The molecule has 1 amide bonds. The number of para-hydroxylation sites is 1. The van der Waals surface area contributed by atoms with Crippen molar-refractivity contribution in [3.8, 4) is 5.75 Å². The highest BCUT2D eigenvalue weighted by molar-refractivity contribution is 6.02. The minimum Gasteiger partial charge on any atom is -0.493 e. The molecule has 1 N–H and O–H groups in total. The van der Waals surface area contributed by atoms with Gasteiger partial charge in [0.25, 0.3) is 5.91 Å². The average Bonchev–Trinajstić information content (AvgIpc) is 2.73. The lowest BCUT2D eigenvalue weighted by Crippen LogP contribution is -2.44. The minimum absolute atomic E-state index is 0.00761. The number of nitrogens with zero attached hydrogens (tertiary/aromatic N) is 1. The maximum atomic E-state index is 13.3. The minimum atomic E-state index is -0.342. The summed E-state index contributed by atoms with van der Waals surface area (Å²) in [6.45, 7) is 3.47. The van der Waals surface area contributed by atoms with Crippen molar-refractivity contribution in [3.05, 3.63) is 71.8 Å². The lowest BCUT2D eigenvalue weighted by molar-refractivity contribution is 0.0608. The fraction of sp³-hybridized carbons (Fsp3) is 0.261. The van der Waals surface area contributed by atoms with Crippen molar-refractivity contribution in [3.63, 3.8) is 0 Å². The summed E-state index contributed by atoms with van der Waals surface area (Å²) in [5.74, 6) is 0.778. The van der Waals surface area contributed by atoms with Gasteiger partial charge in [-0.3, -0.25) is 4.79 Å². The number of ether oxygens (including phenoxy) is 2. The molecule has 0 saturated carbocycles. The molecule has 1 heterocycles. The Kier molecular flexibility index (Phi) is 5.17. The van der Waals surface area contributed by atoms with Gasteiger partial charge in [-0.2, -0.15) is 0 Å². The summed E-state index contributed by atoms with van der Waals surface area (Å²) in [6.07, 6.45) is -0.342. The number of anilines is 1. The fourth-order valence-electron chi connectivity index (χ4n) is 3.78. The molecule has 0 aromatic heterocycles. The third-order valence-corrected chi connectivity index (χ3v) is 5.06. The maximum Gasteiger partial charge on any atom is 0.257 e. The van der Waals surface area contributed by atoms with Gasteiger partial charge in [-0.05, 0) is 35.9 Å². The fourth-order valence-corrected chi connectivity index (χ4v) is 3.78. The molecular formula is C23H24N2O3. The summed E-state index contributed by atoms with van der Waals surface area (Å²) in [5.41, 5.74) is 2.48. The molecule has 3 aromatic carbocycles. The molecule has 0 radical (unpaired) electrons. The molecule has 3 aromatic rings. The standard InChI is InChI=1S/C23H24N2O3/c1-3-28-20-13-12-16-8-4-5-9-17(16)21(20)22-24-19-11-7-6-10-18(19)23(26)25(22)14-15-27-2/h4-13,22,24H,3,14-15H2,1-2H3. The van der Waals surface area contributed by atoms with Crippen molar-refractivity contribution >= 4 is 22.4 Å². The van der Waals surface area contributed by atoms with Gasteiger partial charge >= 0.3 is 0 Å².